The summed E-state index contributed by atoms with van der Waals surface area (Å²) in [4.78, 5) is 5.09. The Morgan fingerprint density at radius 3 is 2.59 bits per heavy atom. The van der Waals surface area contributed by atoms with Crippen LogP contribution in [0.1, 0.15) is 39.0 Å². The van der Waals surface area contributed by atoms with Gasteiger partial charge >= 0.3 is 0 Å². The molecular weight excluding hydrogens is 460 g/mol. The molecule has 1 saturated heterocycles. The lowest BCUT2D eigenvalue weighted by atomic mass is 9.87. The second kappa shape index (κ2) is 10.8. The summed E-state index contributed by atoms with van der Waals surface area (Å²) in [5, 5.41) is 8.31. The Bertz CT molecular complexity index is 1070. The van der Waals surface area contributed by atoms with Crippen LogP contribution in [0.15, 0.2) is 35.7 Å². The van der Waals surface area contributed by atoms with Crippen LogP contribution in [-0.4, -0.2) is 63.1 Å². The molecule has 3 heterocycles. The highest BCUT2D eigenvalue weighted by molar-refractivity contribution is 7.17. The minimum absolute atomic E-state index is 0.00000956. The fourth-order valence-electron chi connectivity index (χ4n) is 4.66. The normalized spacial score (nSPS) is 16.5. The Balaban J connectivity index is 1.24. The van der Waals surface area contributed by atoms with Gasteiger partial charge in [0.15, 0.2) is 9.04 Å². The van der Waals surface area contributed by atoms with Crippen LogP contribution in [0.5, 0.6) is 5.88 Å². The van der Waals surface area contributed by atoms with Crippen LogP contribution in [0.3, 0.4) is 0 Å². The van der Waals surface area contributed by atoms with E-state index in [-0.39, 0.29) is 11.5 Å². The van der Waals surface area contributed by atoms with E-state index in [0.29, 0.717) is 6.61 Å². The van der Waals surface area contributed by atoms with Gasteiger partial charge in [0.2, 0.25) is 5.88 Å². The van der Waals surface area contributed by atoms with Gasteiger partial charge in [-0.1, -0.05) is 26.8 Å². The molecule has 8 heteroatoms. The van der Waals surface area contributed by atoms with Gasteiger partial charge in [0, 0.05) is 61.6 Å². The number of hydrogen-bond acceptors (Lipinski definition) is 6. The van der Waals surface area contributed by atoms with Crippen LogP contribution in [0.25, 0.3) is 10.1 Å². The Labute approximate surface area is 210 Å². The maximum absolute atomic E-state index is 6.33. The van der Waals surface area contributed by atoms with Gasteiger partial charge in [-0.25, -0.2) is 4.68 Å². The first kappa shape index (κ1) is 25.2. The van der Waals surface area contributed by atoms with Crippen molar-refractivity contribution in [1.29, 1.82) is 0 Å². The van der Waals surface area contributed by atoms with Gasteiger partial charge in [-0.2, -0.15) is 5.10 Å². The second-order valence-electron chi connectivity index (χ2n) is 10.6. The molecule has 2 aromatic heterocycles. The van der Waals surface area contributed by atoms with E-state index in [1.165, 1.54) is 15.8 Å². The average molecular weight is 501 g/mol. The van der Waals surface area contributed by atoms with Crippen molar-refractivity contribution >= 4 is 36.2 Å². The molecule has 4 rings (SSSR count). The quantitative estimate of drug-likeness (QED) is 0.294. The molecule has 0 spiro atoms. The van der Waals surface area contributed by atoms with Gasteiger partial charge in [0.05, 0.1) is 18.4 Å². The maximum atomic E-state index is 6.33. The highest BCUT2D eigenvalue weighted by Crippen LogP contribution is 2.37. The summed E-state index contributed by atoms with van der Waals surface area (Å²) in [6.45, 7) is 17.2. The number of ether oxygens (including phenoxy) is 1. The Morgan fingerprint density at radius 2 is 1.88 bits per heavy atom. The molecule has 1 fully saturated rings. The molecule has 6 nitrogen and oxygen atoms in total. The van der Waals surface area contributed by atoms with Gasteiger partial charge < -0.3 is 14.1 Å². The van der Waals surface area contributed by atoms with E-state index in [2.05, 4.69) is 79.4 Å². The van der Waals surface area contributed by atoms with Crippen molar-refractivity contribution in [2.24, 2.45) is 12.5 Å². The van der Waals surface area contributed by atoms with E-state index in [1.54, 1.807) is 0 Å². The maximum Gasteiger partial charge on any atom is 0.211 e. The van der Waals surface area contributed by atoms with Crippen LogP contribution >= 0.6 is 11.3 Å². The van der Waals surface area contributed by atoms with E-state index < -0.39 is 9.04 Å². The number of anilines is 1. The zero-order valence-electron chi connectivity index (χ0n) is 21.6. The molecule has 1 aromatic carbocycles. The Kier molecular flexibility index (Phi) is 8.02. The van der Waals surface area contributed by atoms with Crippen molar-refractivity contribution < 1.29 is 9.16 Å². The number of rotatable bonds is 9. The van der Waals surface area contributed by atoms with Crippen molar-refractivity contribution in [1.82, 2.24) is 14.7 Å². The van der Waals surface area contributed by atoms with E-state index in [0.717, 1.165) is 50.7 Å². The van der Waals surface area contributed by atoms with Crippen LogP contribution in [0, 0.1) is 5.41 Å². The summed E-state index contributed by atoms with van der Waals surface area (Å²) in [7, 11) is 0.776. The smallest absolute Gasteiger partial charge is 0.211 e. The van der Waals surface area contributed by atoms with E-state index >= 15 is 0 Å². The lowest BCUT2D eigenvalue weighted by molar-refractivity contribution is 0.0822. The van der Waals surface area contributed by atoms with E-state index in [4.69, 9.17) is 14.3 Å². The molecule has 0 amide bonds. The third-order valence-corrected chi connectivity index (χ3v) is 8.07. The SMILES string of the molecule is Cn1nc(C(O[SiH](C)C)C(C)(C)C)cc1OCCCN1CCN(c2cccc3sccc23)CC1. The van der Waals surface area contributed by atoms with Crippen molar-refractivity contribution in [3.63, 3.8) is 0 Å². The van der Waals surface area contributed by atoms with E-state index in [1.807, 2.05) is 23.1 Å². The topological polar surface area (TPSA) is 42.8 Å². The molecule has 1 unspecified atom stereocenters. The number of piperazine rings is 1. The number of nitrogens with zero attached hydrogens (tertiary/aromatic N) is 4. The predicted octanol–water partition coefficient (Wildman–Crippen LogP) is 5.31. The molecule has 0 N–H and O–H groups in total. The highest BCUT2D eigenvalue weighted by atomic mass is 32.1. The molecule has 0 saturated carbocycles. The third kappa shape index (κ3) is 6.03. The van der Waals surface area contributed by atoms with Gasteiger partial charge in [0.25, 0.3) is 0 Å². The lowest BCUT2D eigenvalue weighted by Gasteiger charge is -2.36. The first-order valence-electron chi connectivity index (χ1n) is 12.5. The average Bonchev–Trinajstić information content (AvgIpc) is 3.41. The summed E-state index contributed by atoms with van der Waals surface area (Å²) >= 11 is 1.82. The minimum atomic E-state index is -1.18. The molecule has 186 valence electrons. The predicted molar refractivity (Wildman–Crippen MR) is 146 cm³/mol. The van der Waals surface area contributed by atoms with Crippen LogP contribution in [-0.2, 0) is 11.5 Å². The molecule has 0 bridgehead atoms. The molecular formula is C26H40N4O2SSi. The summed E-state index contributed by atoms with van der Waals surface area (Å²) in [6.07, 6.45) is 1.01. The first-order chi connectivity index (χ1) is 16.2. The molecule has 34 heavy (non-hydrogen) atoms. The highest BCUT2D eigenvalue weighted by Gasteiger charge is 2.31. The molecule has 0 aliphatic carbocycles. The number of aromatic nitrogens is 2. The zero-order valence-corrected chi connectivity index (χ0v) is 23.6. The molecule has 0 radical (unpaired) electrons. The van der Waals surface area contributed by atoms with Crippen LogP contribution in [0.2, 0.25) is 13.1 Å². The molecule has 1 aliphatic heterocycles. The Morgan fingerprint density at radius 1 is 1.12 bits per heavy atom. The number of aryl methyl sites for hydroxylation is 1. The summed E-state index contributed by atoms with van der Waals surface area (Å²) in [5.41, 5.74) is 2.36. The second-order valence-corrected chi connectivity index (χ2v) is 13.9. The van der Waals surface area contributed by atoms with E-state index in [9.17, 15) is 0 Å². The lowest BCUT2D eigenvalue weighted by Crippen LogP contribution is -2.46. The molecule has 1 aliphatic rings. The van der Waals surface area contributed by atoms with Crippen molar-refractivity contribution in [2.45, 2.75) is 46.4 Å². The number of benzene rings is 1. The van der Waals surface area contributed by atoms with Gasteiger partial charge in [-0.15, -0.1) is 11.3 Å². The molecule has 1 atom stereocenters. The first-order valence-corrected chi connectivity index (χ1v) is 16.1. The van der Waals surface area contributed by atoms with Crippen LogP contribution in [0.4, 0.5) is 5.69 Å². The van der Waals surface area contributed by atoms with Gasteiger partial charge in [0.1, 0.15) is 0 Å². The van der Waals surface area contributed by atoms with Crippen LogP contribution < -0.4 is 9.64 Å². The zero-order chi connectivity index (χ0) is 24.3. The van der Waals surface area contributed by atoms with Crippen molar-refractivity contribution in [2.75, 3.05) is 44.2 Å². The summed E-state index contributed by atoms with van der Waals surface area (Å²) in [6, 6.07) is 11.0. The number of thiophene rings is 1. The number of fused-ring (bicyclic) bond motifs is 1. The summed E-state index contributed by atoms with van der Waals surface area (Å²) in [5.74, 6) is 0.826. The van der Waals surface area contributed by atoms with Crippen molar-refractivity contribution in [3.8, 4) is 5.88 Å². The fourth-order valence-corrected chi connectivity index (χ4v) is 6.55. The number of hydrogen-bond donors (Lipinski definition) is 0. The third-order valence-electron chi connectivity index (χ3n) is 6.37. The monoisotopic (exact) mass is 500 g/mol. The molecule has 3 aromatic rings. The fraction of sp³-hybridized carbons (Fsp3) is 0.577. The standard InChI is InChI=1S/C26H40N4O2SSi/c1-26(2,3)25(32-34(5)6)21-19-24(28(4)27-21)31-17-8-12-29-13-15-30(16-14-29)22-9-7-10-23-20(22)11-18-33-23/h7,9-11,18-19,25,34H,8,12-17H2,1-6H3. The Hall–Kier alpha value is -1.87. The minimum Gasteiger partial charge on any atom is -0.478 e. The summed E-state index contributed by atoms with van der Waals surface area (Å²) < 4.78 is 15.7. The largest absolute Gasteiger partial charge is 0.478 e. The van der Waals surface area contributed by atoms with Gasteiger partial charge in [-0.05, 0) is 48.5 Å². The van der Waals surface area contributed by atoms with Gasteiger partial charge in [-0.3, -0.25) is 4.90 Å². The van der Waals surface area contributed by atoms with Crippen molar-refractivity contribution in [3.05, 3.63) is 41.4 Å².